The van der Waals surface area contributed by atoms with E-state index in [1.807, 2.05) is 59.2 Å². The molecule has 0 amide bonds. The lowest BCUT2D eigenvalue weighted by Crippen LogP contribution is -1.97. The van der Waals surface area contributed by atoms with Gasteiger partial charge in [0.1, 0.15) is 11.8 Å². The Kier molecular flexibility index (Phi) is 3.47. The number of carbonyl (C=O) groups is 1. The zero-order valence-electron chi connectivity index (χ0n) is 11.6. The maximum absolute atomic E-state index is 10.8. The van der Waals surface area contributed by atoms with E-state index in [-0.39, 0.29) is 0 Å². The first kappa shape index (κ1) is 13.7. The van der Waals surface area contributed by atoms with E-state index in [2.05, 4.69) is 6.07 Å². The van der Waals surface area contributed by atoms with Crippen molar-refractivity contribution in [2.45, 2.75) is 0 Å². The fourth-order valence-electron chi connectivity index (χ4n) is 2.54. The minimum atomic E-state index is -1.04. The van der Waals surface area contributed by atoms with Gasteiger partial charge in [0.05, 0.1) is 5.52 Å². The number of fused-ring (bicyclic) bond motifs is 1. The maximum atomic E-state index is 10.8. The largest absolute Gasteiger partial charge is 0.478 e. The Labute approximate surface area is 127 Å². The molecule has 0 aliphatic heterocycles. The van der Waals surface area contributed by atoms with E-state index in [0.29, 0.717) is 11.3 Å². The highest BCUT2D eigenvalue weighted by molar-refractivity contribution is 5.97. The first-order valence-corrected chi connectivity index (χ1v) is 6.72. The average molecular weight is 288 g/mol. The van der Waals surface area contributed by atoms with Gasteiger partial charge in [-0.15, -0.1) is 0 Å². The molecule has 0 saturated carbocycles. The zero-order chi connectivity index (χ0) is 15.5. The highest BCUT2D eigenvalue weighted by Gasteiger charge is 2.16. The van der Waals surface area contributed by atoms with Gasteiger partial charge in [0.2, 0.25) is 0 Å². The lowest BCUT2D eigenvalue weighted by atomic mass is 10.1. The molecule has 0 aliphatic carbocycles. The van der Waals surface area contributed by atoms with E-state index in [9.17, 15) is 10.1 Å². The predicted molar refractivity (Wildman–Crippen MR) is 84.7 cm³/mol. The van der Waals surface area contributed by atoms with Gasteiger partial charge in [-0.05, 0) is 24.3 Å². The smallest absolute Gasteiger partial charge is 0.328 e. The highest BCUT2D eigenvalue weighted by Crippen LogP contribution is 2.30. The third kappa shape index (κ3) is 2.25. The van der Waals surface area contributed by atoms with E-state index in [1.54, 1.807) is 0 Å². The number of carboxylic acid groups (broad SMARTS) is 1. The number of rotatable bonds is 3. The first-order valence-electron chi connectivity index (χ1n) is 6.72. The van der Waals surface area contributed by atoms with Gasteiger partial charge in [-0.2, -0.15) is 5.26 Å². The number of aromatic nitrogens is 1. The molecule has 22 heavy (non-hydrogen) atoms. The van der Waals surface area contributed by atoms with Crippen LogP contribution < -0.4 is 0 Å². The molecule has 1 N–H and O–H groups in total. The van der Waals surface area contributed by atoms with Crippen molar-refractivity contribution in [3.8, 4) is 11.8 Å². The molecular formula is C18H12N2O2. The van der Waals surface area contributed by atoms with Crippen molar-refractivity contribution < 1.29 is 9.90 Å². The zero-order valence-corrected chi connectivity index (χ0v) is 11.6. The third-order valence-corrected chi connectivity index (χ3v) is 3.43. The van der Waals surface area contributed by atoms with Crippen LogP contribution in [0.1, 0.15) is 11.3 Å². The van der Waals surface area contributed by atoms with Gasteiger partial charge < -0.3 is 9.67 Å². The molecule has 0 saturated heterocycles. The van der Waals surface area contributed by atoms with Gasteiger partial charge in [-0.3, -0.25) is 0 Å². The second kappa shape index (κ2) is 5.58. The van der Waals surface area contributed by atoms with Crippen molar-refractivity contribution in [3.05, 3.63) is 71.9 Å². The van der Waals surface area contributed by atoms with Crippen LogP contribution in [-0.4, -0.2) is 15.6 Å². The molecule has 4 nitrogen and oxygen atoms in total. The Bertz CT molecular complexity index is 915. The van der Waals surface area contributed by atoms with E-state index >= 15 is 0 Å². The molecule has 0 atom stereocenters. The molecule has 0 aliphatic rings. The molecule has 3 rings (SSSR count). The minimum Gasteiger partial charge on any atom is -0.478 e. The Morgan fingerprint density at radius 3 is 2.45 bits per heavy atom. The number of benzene rings is 2. The molecule has 106 valence electrons. The summed E-state index contributed by atoms with van der Waals surface area (Å²) in [5.41, 5.74) is 2.77. The van der Waals surface area contributed by atoms with Gasteiger partial charge in [0, 0.05) is 22.7 Å². The topological polar surface area (TPSA) is 66.0 Å². The summed E-state index contributed by atoms with van der Waals surface area (Å²) >= 11 is 0. The molecule has 0 fully saturated rings. The molecular weight excluding hydrogens is 276 g/mol. The molecule has 0 unspecified atom stereocenters. The summed E-state index contributed by atoms with van der Waals surface area (Å²) in [6, 6.07) is 19.3. The second-order valence-corrected chi connectivity index (χ2v) is 4.73. The average Bonchev–Trinajstić information content (AvgIpc) is 2.87. The van der Waals surface area contributed by atoms with Crippen LogP contribution in [0.3, 0.4) is 0 Å². The van der Waals surface area contributed by atoms with Gasteiger partial charge in [-0.1, -0.05) is 36.4 Å². The molecule has 1 heterocycles. The summed E-state index contributed by atoms with van der Waals surface area (Å²) < 4.78 is 1.84. The van der Waals surface area contributed by atoms with Gasteiger partial charge in [0.15, 0.2) is 0 Å². The monoisotopic (exact) mass is 288 g/mol. The van der Waals surface area contributed by atoms with E-state index in [4.69, 9.17) is 5.11 Å². The number of nitrogens with zero attached hydrogens (tertiary/aromatic N) is 2. The number of nitriles is 1. The number of para-hydroxylation sites is 2. The van der Waals surface area contributed by atoms with Crippen molar-refractivity contribution in [2.24, 2.45) is 0 Å². The number of hydrogen-bond acceptors (Lipinski definition) is 2. The minimum absolute atomic E-state index is 0.421. The Morgan fingerprint density at radius 2 is 1.77 bits per heavy atom. The van der Waals surface area contributed by atoms with E-state index in [1.165, 1.54) is 6.08 Å². The summed E-state index contributed by atoms with van der Waals surface area (Å²) in [5.74, 6) is -1.04. The van der Waals surface area contributed by atoms with Crippen molar-refractivity contribution in [3.63, 3.8) is 0 Å². The van der Waals surface area contributed by atoms with Crippen molar-refractivity contribution in [1.82, 2.24) is 4.57 Å². The van der Waals surface area contributed by atoms with Crippen LogP contribution in [-0.2, 0) is 4.79 Å². The SMILES string of the molecule is N#Cc1c(C=CC(=O)O)c2ccccc2n1-c1ccccc1. The molecule has 4 heteroatoms. The lowest BCUT2D eigenvalue weighted by Gasteiger charge is -2.06. The number of carboxylic acids is 1. The van der Waals surface area contributed by atoms with Gasteiger partial charge in [-0.25, -0.2) is 4.79 Å². The maximum Gasteiger partial charge on any atom is 0.328 e. The van der Waals surface area contributed by atoms with Crippen molar-refractivity contribution in [1.29, 1.82) is 5.26 Å². The first-order chi connectivity index (χ1) is 10.7. The summed E-state index contributed by atoms with van der Waals surface area (Å²) in [4.78, 5) is 10.8. The van der Waals surface area contributed by atoms with Crippen LogP contribution in [0.5, 0.6) is 0 Å². The van der Waals surface area contributed by atoms with Crippen molar-refractivity contribution >= 4 is 22.9 Å². The number of hydrogen-bond donors (Lipinski definition) is 1. The van der Waals surface area contributed by atoms with Crippen LogP contribution in [0, 0.1) is 11.3 Å². The highest BCUT2D eigenvalue weighted by atomic mass is 16.4. The fraction of sp³-hybridized carbons (Fsp3) is 0. The third-order valence-electron chi connectivity index (χ3n) is 3.43. The van der Waals surface area contributed by atoms with E-state index < -0.39 is 5.97 Å². The van der Waals surface area contributed by atoms with Crippen LogP contribution in [0.4, 0.5) is 0 Å². The standard InChI is InChI=1S/C18H12N2O2/c19-12-17-15(10-11-18(21)22)14-8-4-5-9-16(14)20(17)13-6-2-1-3-7-13/h1-11H,(H,21,22). The summed E-state index contributed by atoms with van der Waals surface area (Å²) in [7, 11) is 0. The Morgan fingerprint density at radius 1 is 1.09 bits per heavy atom. The normalized spacial score (nSPS) is 10.9. The second-order valence-electron chi connectivity index (χ2n) is 4.73. The van der Waals surface area contributed by atoms with Gasteiger partial charge >= 0.3 is 5.97 Å². The van der Waals surface area contributed by atoms with Gasteiger partial charge in [0.25, 0.3) is 0 Å². The van der Waals surface area contributed by atoms with Crippen LogP contribution >= 0.6 is 0 Å². The Balaban J connectivity index is 2.38. The van der Waals surface area contributed by atoms with Crippen molar-refractivity contribution in [2.75, 3.05) is 0 Å². The molecule has 1 aromatic heterocycles. The summed E-state index contributed by atoms with van der Waals surface area (Å²) in [6.07, 6.45) is 2.53. The van der Waals surface area contributed by atoms with E-state index in [0.717, 1.165) is 22.7 Å². The lowest BCUT2D eigenvalue weighted by molar-refractivity contribution is -0.131. The quantitative estimate of drug-likeness (QED) is 0.749. The molecule has 2 aromatic carbocycles. The molecule has 0 bridgehead atoms. The fourth-order valence-corrected chi connectivity index (χ4v) is 2.54. The predicted octanol–water partition coefficient (Wildman–Crippen LogP) is 3.60. The molecule has 3 aromatic rings. The summed E-state index contributed by atoms with van der Waals surface area (Å²) in [5, 5.41) is 19.3. The van der Waals surface area contributed by atoms with Crippen LogP contribution in [0.15, 0.2) is 60.7 Å². The molecule has 0 spiro atoms. The van der Waals surface area contributed by atoms with Crippen LogP contribution in [0.25, 0.3) is 22.7 Å². The van der Waals surface area contributed by atoms with Crippen LogP contribution in [0.2, 0.25) is 0 Å². The Hall–Kier alpha value is -3.32. The molecule has 0 radical (unpaired) electrons. The number of aliphatic carboxylic acids is 1. The summed E-state index contributed by atoms with van der Waals surface area (Å²) in [6.45, 7) is 0.